The summed E-state index contributed by atoms with van der Waals surface area (Å²) in [5.41, 5.74) is 14.3. The molecule has 2 aromatic heterocycles. The van der Waals surface area contributed by atoms with E-state index in [0.29, 0.717) is 11.4 Å². The Morgan fingerprint density at radius 2 is 1.75 bits per heavy atom. The molecule has 0 saturated heterocycles. The molecule has 0 spiro atoms. The van der Waals surface area contributed by atoms with E-state index < -0.39 is 36.2 Å². The highest BCUT2D eigenvalue weighted by atomic mass is 16.4. The Labute approximate surface area is 202 Å². The maximum atomic E-state index is 12.7. The predicted octanol–water partition coefficient (Wildman–Crippen LogP) is -1.15. The van der Waals surface area contributed by atoms with Crippen LogP contribution in [0.15, 0.2) is 24.4 Å². The van der Waals surface area contributed by atoms with Gasteiger partial charge in [-0.15, -0.1) is 0 Å². The predicted molar refractivity (Wildman–Crippen MR) is 125 cm³/mol. The lowest BCUT2D eigenvalue weighted by molar-refractivity contribution is -0.140. The van der Waals surface area contributed by atoms with E-state index in [1.54, 1.807) is 0 Å². The monoisotopic (exact) mass is 498 g/mol. The highest BCUT2D eigenvalue weighted by Gasteiger charge is 2.24. The summed E-state index contributed by atoms with van der Waals surface area (Å²) in [6.45, 7) is 0.137. The smallest absolute Gasteiger partial charge is 0.326 e. The van der Waals surface area contributed by atoms with E-state index in [2.05, 4.69) is 30.6 Å². The number of carbonyl (C=O) groups excluding carboxylic acids is 2. The van der Waals surface area contributed by atoms with Crippen molar-refractivity contribution in [3.05, 3.63) is 41.2 Å². The molecule has 1 unspecified atom stereocenters. The number of carboxylic acid groups (broad SMARTS) is 2. The lowest BCUT2D eigenvalue weighted by Crippen LogP contribution is -2.42. The van der Waals surface area contributed by atoms with E-state index in [9.17, 15) is 24.3 Å². The van der Waals surface area contributed by atoms with Crippen LogP contribution in [0.2, 0.25) is 0 Å². The van der Waals surface area contributed by atoms with Crippen molar-refractivity contribution in [3.8, 4) is 0 Å². The summed E-state index contributed by atoms with van der Waals surface area (Å²) in [5.74, 6) is 0.918. The molecule has 2 amide bonds. The number of rotatable bonds is 10. The minimum Gasteiger partial charge on any atom is -0.481 e. The molecule has 0 aliphatic heterocycles. The number of aliphatic carboxylic acids is 2. The van der Waals surface area contributed by atoms with Crippen LogP contribution in [-0.2, 0) is 16.1 Å². The van der Waals surface area contributed by atoms with Gasteiger partial charge >= 0.3 is 11.9 Å². The molecule has 0 fully saturated rings. The number of hydrogen-bond donors (Lipinski definition) is 8. The van der Waals surface area contributed by atoms with Gasteiger partial charge in [0.05, 0.1) is 29.6 Å². The molecule has 0 aliphatic rings. The first-order chi connectivity index (χ1) is 17.1. The second-order valence-corrected chi connectivity index (χ2v) is 7.38. The number of fused-ring (bicyclic) bond motifs is 1. The van der Waals surface area contributed by atoms with Crippen molar-refractivity contribution in [3.63, 3.8) is 0 Å². The Balaban J connectivity index is 1.80. The van der Waals surface area contributed by atoms with Crippen LogP contribution in [0.3, 0.4) is 0 Å². The van der Waals surface area contributed by atoms with Crippen molar-refractivity contribution in [1.29, 1.82) is 0 Å². The normalized spacial score (nSPS) is 11.5. The molecular formula is C20H22N10O6. The number of benzene rings is 1. The summed E-state index contributed by atoms with van der Waals surface area (Å²) in [5, 5.41) is 23.3. The van der Waals surface area contributed by atoms with E-state index in [0.717, 1.165) is 0 Å². The van der Waals surface area contributed by atoms with Crippen molar-refractivity contribution >= 4 is 52.4 Å². The molecule has 1 aromatic carbocycles. The van der Waals surface area contributed by atoms with Gasteiger partial charge in [-0.1, -0.05) is 0 Å². The van der Waals surface area contributed by atoms with Crippen LogP contribution in [0.5, 0.6) is 0 Å². The first-order valence-corrected chi connectivity index (χ1v) is 10.3. The lowest BCUT2D eigenvalue weighted by atomic mass is 10.0. The van der Waals surface area contributed by atoms with Crippen molar-refractivity contribution in [1.82, 2.24) is 30.7 Å². The van der Waals surface area contributed by atoms with Gasteiger partial charge in [0, 0.05) is 12.1 Å². The third-order valence-corrected chi connectivity index (χ3v) is 4.86. The van der Waals surface area contributed by atoms with Gasteiger partial charge in [0.1, 0.15) is 6.04 Å². The van der Waals surface area contributed by atoms with E-state index >= 15 is 0 Å². The van der Waals surface area contributed by atoms with Gasteiger partial charge in [0.15, 0.2) is 17.0 Å². The lowest BCUT2D eigenvalue weighted by Gasteiger charge is -2.16. The third-order valence-electron chi connectivity index (χ3n) is 4.86. The zero-order chi connectivity index (χ0) is 26.4. The fraction of sp³-hybridized carbons (Fsp3) is 0.200. The van der Waals surface area contributed by atoms with Gasteiger partial charge in [-0.05, 0) is 24.6 Å². The Morgan fingerprint density at radius 3 is 2.42 bits per heavy atom. The number of carboxylic acids is 2. The molecule has 16 nitrogen and oxygen atoms in total. The summed E-state index contributed by atoms with van der Waals surface area (Å²) >= 11 is 0. The highest BCUT2D eigenvalue weighted by molar-refractivity contribution is 6.08. The first-order valence-electron chi connectivity index (χ1n) is 10.3. The summed E-state index contributed by atoms with van der Waals surface area (Å²) in [7, 11) is 0. The number of hydrogen-bond acceptors (Lipinski definition) is 12. The van der Waals surface area contributed by atoms with E-state index in [1.165, 1.54) is 24.4 Å². The molecule has 11 N–H and O–H groups in total. The number of aromatic nitrogens is 4. The number of nitrogens with zero attached hydrogens (tertiary/aromatic N) is 4. The van der Waals surface area contributed by atoms with E-state index in [4.69, 9.17) is 22.4 Å². The zero-order valence-electron chi connectivity index (χ0n) is 18.6. The van der Waals surface area contributed by atoms with Crippen LogP contribution in [0.25, 0.3) is 11.2 Å². The van der Waals surface area contributed by atoms with Gasteiger partial charge in [-0.2, -0.15) is 9.97 Å². The number of nitrogens with two attached hydrogens (primary N) is 3. The second-order valence-electron chi connectivity index (χ2n) is 7.38. The molecule has 3 rings (SSSR count). The van der Waals surface area contributed by atoms with E-state index in [-0.39, 0.29) is 47.0 Å². The standard InChI is InChI=1S/C20H22N10O6/c21-15-14-16(29-20(22)28-15)25-7-9(26-14)6-24-8-1-2-10(11(5-8)18(34)30-23)17(33)27-12(19(35)36)3-4-13(31)32/h1-2,5,7,12,24H,3-4,6,23H2,(H,27,33)(H,30,34)(H,31,32)(H,35,36)(H4,21,22,25,28,29). The van der Waals surface area contributed by atoms with Crippen LogP contribution >= 0.6 is 0 Å². The summed E-state index contributed by atoms with van der Waals surface area (Å²) in [6, 6.07) is 2.62. The fourth-order valence-electron chi connectivity index (χ4n) is 3.14. The second kappa shape index (κ2) is 10.9. The fourth-order valence-corrected chi connectivity index (χ4v) is 3.14. The minimum absolute atomic E-state index is 0.0356. The molecule has 16 heteroatoms. The summed E-state index contributed by atoms with van der Waals surface area (Å²) in [6.07, 6.45) is 0.627. The van der Waals surface area contributed by atoms with Gasteiger partial charge < -0.3 is 32.3 Å². The molecule has 0 bridgehead atoms. The maximum Gasteiger partial charge on any atom is 0.326 e. The quantitative estimate of drug-likeness (QED) is 0.0930. The van der Waals surface area contributed by atoms with Crippen molar-refractivity contribution in [2.24, 2.45) is 5.84 Å². The number of amides is 2. The third kappa shape index (κ3) is 6.06. The van der Waals surface area contributed by atoms with Crippen molar-refractivity contribution in [2.45, 2.75) is 25.4 Å². The van der Waals surface area contributed by atoms with Gasteiger partial charge in [0.2, 0.25) is 5.95 Å². The van der Waals surface area contributed by atoms with Crippen LogP contribution in [0.1, 0.15) is 39.3 Å². The number of nitrogen functional groups attached to an aromatic ring is 3. The van der Waals surface area contributed by atoms with Gasteiger partial charge in [-0.3, -0.25) is 19.8 Å². The van der Waals surface area contributed by atoms with Crippen LogP contribution in [0, 0.1) is 0 Å². The Bertz CT molecular complexity index is 1350. The largest absolute Gasteiger partial charge is 0.481 e. The summed E-state index contributed by atoms with van der Waals surface area (Å²) in [4.78, 5) is 63.4. The number of anilines is 3. The highest BCUT2D eigenvalue weighted by Crippen LogP contribution is 2.19. The van der Waals surface area contributed by atoms with Crippen molar-refractivity contribution < 1.29 is 29.4 Å². The zero-order valence-corrected chi connectivity index (χ0v) is 18.6. The molecule has 0 saturated carbocycles. The number of carbonyl (C=O) groups is 4. The van der Waals surface area contributed by atoms with Gasteiger partial charge in [-0.25, -0.2) is 20.6 Å². The van der Waals surface area contributed by atoms with Crippen LogP contribution in [-0.4, -0.2) is 59.9 Å². The van der Waals surface area contributed by atoms with Crippen LogP contribution < -0.4 is 33.4 Å². The van der Waals surface area contributed by atoms with Gasteiger partial charge in [0.25, 0.3) is 11.8 Å². The molecule has 0 aliphatic carbocycles. The average Bonchev–Trinajstić information content (AvgIpc) is 2.84. The molecule has 188 valence electrons. The molecule has 3 aromatic rings. The summed E-state index contributed by atoms with van der Waals surface area (Å²) < 4.78 is 0. The Morgan fingerprint density at radius 1 is 1.00 bits per heavy atom. The average molecular weight is 498 g/mol. The maximum absolute atomic E-state index is 12.7. The molecule has 0 radical (unpaired) electrons. The Kier molecular flexibility index (Phi) is 7.70. The Hall–Kier alpha value is -5.12. The molecular weight excluding hydrogens is 476 g/mol. The molecule has 36 heavy (non-hydrogen) atoms. The SMILES string of the molecule is NNC(=O)c1cc(NCc2cnc3nc(N)nc(N)c3n2)ccc1C(=O)NC(CCC(=O)O)C(=O)O. The molecule has 2 heterocycles. The molecule has 1 atom stereocenters. The van der Waals surface area contributed by atoms with Crippen molar-refractivity contribution in [2.75, 3.05) is 16.8 Å². The number of nitrogens with one attached hydrogen (secondary N) is 3. The van der Waals surface area contributed by atoms with Crippen LogP contribution in [0.4, 0.5) is 17.5 Å². The van der Waals surface area contributed by atoms with E-state index in [1.807, 2.05) is 5.43 Å². The first kappa shape index (κ1) is 25.5. The number of hydrazine groups is 1. The topological polar surface area (TPSA) is 274 Å². The minimum atomic E-state index is -1.47.